The zero-order valence-corrected chi connectivity index (χ0v) is 16.9. The summed E-state index contributed by atoms with van der Waals surface area (Å²) in [5.74, 6) is 0.939. The summed E-state index contributed by atoms with van der Waals surface area (Å²) >= 11 is 17.0. The van der Waals surface area contributed by atoms with Crippen LogP contribution in [0, 0.1) is 0 Å². The Kier molecular flexibility index (Phi) is 5.89. The minimum Gasteiger partial charge on any atom is -0.493 e. The van der Waals surface area contributed by atoms with E-state index in [4.69, 9.17) is 44.9 Å². The van der Waals surface area contributed by atoms with Gasteiger partial charge in [-0.05, 0) is 53.7 Å². The summed E-state index contributed by atoms with van der Waals surface area (Å²) < 4.78 is 11.2. The third-order valence-corrected chi connectivity index (χ3v) is 5.07. The number of methoxy groups -OCH3 is 1. The normalized spacial score (nSPS) is 15.3. The van der Waals surface area contributed by atoms with Crippen LogP contribution in [0.5, 0.6) is 11.5 Å². The number of halogens is 2. The van der Waals surface area contributed by atoms with Crippen molar-refractivity contribution < 1.29 is 14.3 Å². The summed E-state index contributed by atoms with van der Waals surface area (Å²) in [4.78, 5) is 13.5. The van der Waals surface area contributed by atoms with Crippen molar-refractivity contribution in [1.29, 1.82) is 0 Å². The van der Waals surface area contributed by atoms with Gasteiger partial charge in [0.1, 0.15) is 12.3 Å². The first-order chi connectivity index (χ1) is 12.9. The molecule has 2 aromatic carbocycles. The Morgan fingerprint density at radius 1 is 1.15 bits per heavy atom. The Morgan fingerprint density at radius 3 is 2.56 bits per heavy atom. The number of hydrogen-bond acceptors (Lipinski definition) is 4. The number of carbonyl (C=O) groups is 1. The number of rotatable bonds is 5. The van der Waals surface area contributed by atoms with Crippen LogP contribution in [0.3, 0.4) is 0 Å². The standard InChI is InChI=1S/C19H16Cl2N2O3S/c1-23-18(24)15(22-19(23)27)8-11-4-6-16(17(9-11)25-2)26-10-12-3-5-13(20)14(21)7-12/h3-9H,10H2,1-2H3,(H,22,27). The molecule has 1 aliphatic rings. The molecule has 1 saturated heterocycles. The summed E-state index contributed by atoms with van der Waals surface area (Å²) in [6.45, 7) is 0.312. The van der Waals surface area contributed by atoms with Gasteiger partial charge in [0.15, 0.2) is 16.6 Å². The topological polar surface area (TPSA) is 50.8 Å². The van der Waals surface area contributed by atoms with E-state index in [1.807, 2.05) is 12.1 Å². The van der Waals surface area contributed by atoms with Crippen LogP contribution in [0.1, 0.15) is 11.1 Å². The van der Waals surface area contributed by atoms with Crippen LogP contribution < -0.4 is 14.8 Å². The first-order valence-electron chi connectivity index (χ1n) is 7.94. The average molecular weight is 423 g/mol. The minimum absolute atomic E-state index is 0.182. The fourth-order valence-corrected chi connectivity index (χ4v) is 2.99. The van der Waals surface area contributed by atoms with E-state index in [1.54, 1.807) is 44.5 Å². The van der Waals surface area contributed by atoms with Gasteiger partial charge in [-0.15, -0.1) is 0 Å². The fraction of sp³-hybridized carbons (Fsp3) is 0.158. The van der Waals surface area contributed by atoms with Crippen molar-refractivity contribution >= 4 is 52.5 Å². The monoisotopic (exact) mass is 422 g/mol. The second-order valence-electron chi connectivity index (χ2n) is 5.80. The molecule has 27 heavy (non-hydrogen) atoms. The van der Waals surface area contributed by atoms with Gasteiger partial charge in [0.25, 0.3) is 5.91 Å². The van der Waals surface area contributed by atoms with E-state index in [0.29, 0.717) is 39.0 Å². The first kappa shape index (κ1) is 19.5. The van der Waals surface area contributed by atoms with Crippen LogP contribution in [0.4, 0.5) is 0 Å². The van der Waals surface area contributed by atoms with E-state index in [-0.39, 0.29) is 5.91 Å². The van der Waals surface area contributed by atoms with Gasteiger partial charge in [0, 0.05) is 7.05 Å². The number of nitrogens with one attached hydrogen (secondary N) is 1. The number of benzene rings is 2. The van der Waals surface area contributed by atoms with Crippen molar-refractivity contribution in [3.05, 3.63) is 63.3 Å². The predicted molar refractivity (Wildman–Crippen MR) is 110 cm³/mol. The minimum atomic E-state index is -0.182. The van der Waals surface area contributed by atoms with E-state index in [1.165, 1.54) is 4.90 Å². The molecule has 8 heteroatoms. The summed E-state index contributed by atoms with van der Waals surface area (Å²) in [5.41, 5.74) is 2.08. The third-order valence-electron chi connectivity index (χ3n) is 3.96. The van der Waals surface area contributed by atoms with Gasteiger partial charge >= 0.3 is 0 Å². The SMILES string of the molecule is COc1cc(C=C2NC(=S)N(C)C2=O)ccc1OCc1ccc(Cl)c(Cl)c1. The lowest BCUT2D eigenvalue weighted by Gasteiger charge is -2.12. The first-order valence-corrected chi connectivity index (χ1v) is 9.11. The Hall–Kier alpha value is -2.28. The van der Waals surface area contributed by atoms with Gasteiger partial charge < -0.3 is 14.8 Å². The Balaban J connectivity index is 1.77. The Bertz CT molecular complexity index is 947. The number of carbonyl (C=O) groups excluding carboxylic acids is 1. The van der Waals surface area contributed by atoms with Crippen LogP contribution in [-0.4, -0.2) is 30.1 Å². The molecular weight excluding hydrogens is 407 g/mol. The quantitative estimate of drug-likeness (QED) is 0.575. The molecule has 1 N–H and O–H groups in total. The van der Waals surface area contributed by atoms with Crippen molar-refractivity contribution in [2.24, 2.45) is 0 Å². The highest BCUT2D eigenvalue weighted by atomic mass is 35.5. The molecule has 3 rings (SSSR count). The molecule has 140 valence electrons. The molecule has 0 radical (unpaired) electrons. The van der Waals surface area contributed by atoms with E-state index in [0.717, 1.165) is 11.1 Å². The molecule has 0 saturated carbocycles. The molecule has 1 heterocycles. The largest absolute Gasteiger partial charge is 0.493 e. The molecule has 0 bridgehead atoms. The number of hydrogen-bond donors (Lipinski definition) is 1. The molecule has 1 aliphatic heterocycles. The molecule has 1 fully saturated rings. The van der Waals surface area contributed by atoms with Gasteiger partial charge in [0.05, 0.1) is 17.2 Å². The van der Waals surface area contributed by atoms with Crippen LogP contribution in [0.2, 0.25) is 10.0 Å². The predicted octanol–water partition coefficient (Wildman–Crippen LogP) is 4.27. The van der Waals surface area contributed by atoms with E-state index >= 15 is 0 Å². The second-order valence-corrected chi connectivity index (χ2v) is 7.00. The zero-order valence-electron chi connectivity index (χ0n) is 14.6. The second kappa shape index (κ2) is 8.17. The molecule has 0 atom stereocenters. The molecule has 5 nitrogen and oxygen atoms in total. The van der Waals surface area contributed by atoms with Crippen molar-refractivity contribution in [3.63, 3.8) is 0 Å². The molecule has 0 aromatic heterocycles. The van der Waals surface area contributed by atoms with Crippen LogP contribution in [0.15, 0.2) is 42.1 Å². The third kappa shape index (κ3) is 4.35. The average Bonchev–Trinajstić information content (AvgIpc) is 2.90. The molecule has 0 spiro atoms. The lowest BCUT2D eigenvalue weighted by molar-refractivity contribution is -0.121. The van der Waals surface area contributed by atoms with Gasteiger partial charge in [-0.1, -0.05) is 35.3 Å². The highest BCUT2D eigenvalue weighted by Crippen LogP contribution is 2.30. The highest BCUT2D eigenvalue weighted by molar-refractivity contribution is 7.80. The van der Waals surface area contributed by atoms with Crippen LogP contribution in [0.25, 0.3) is 6.08 Å². The molecule has 2 aromatic rings. The molecule has 1 amide bonds. The van der Waals surface area contributed by atoms with Crippen molar-refractivity contribution in [2.45, 2.75) is 6.61 Å². The lowest BCUT2D eigenvalue weighted by atomic mass is 10.1. The summed E-state index contributed by atoms with van der Waals surface area (Å²) in [5, 5.41) is 4.23. The van der Waals surface area contributed by atoms with Gasteiger partial charge in [0.2, 0.25) is 0 Å². The summed E-state index contributed by atoms with van der Waals surface area (Å²) in [6.07, 6.45) is 1.71. The molecule has 0 unspecified atom stereocenters. The fourth-order valence-electron chi connectivity index (χ4n) is 2.47. The zero-order chi connectivity index (χ0) is 19.6. The van der Waals surface area contributed by atoms with Crippen LogP contribution >= 0.6 is 35.4 Å². The molecule has 0 aliphatic carbocycles. The maximum Gasteiger partial charge on any atom is 0.276 e. The van der Waals surface area contributed by atoms with Gasteiger partial charge in [-0.25, -0.2) is 0 Å². The summed E-state index contributed by atoms with van der Waals surface area (Å²) in [6, 6.07) is 10.7. The van der Waals surface area contributed by atoms with Crippen molar-refractivity contribution in [1.82, 2.24) is 10.2 Å². The number of thiocarbonyl (C=S) groups is 1. The van der Waals surface area contributed by atoms with Gasteiger partial charge in [-0.3, -0.25) is 9.69 Å². The van der Waals surface area contributed by atoms with E-state index in [9.17, 15) is 4.79 Å². The van der Waals surface area contributed by atoms with Gasteiger partial charge in [-0.2, -0.15) is 0 Å². The van der Waals surface area contributed by atoms with Crippen LogP contribution in [-0.2, 0) is 11.4 Å². The van der Waals surface area contributed by atoms with E-state index in [2.05, 4.69) is 5.32 Å². The number of ether oxygens (including phenoxy) is 2. The maximum absolute atomic E-state index is 12.1. The van der Waals surface area contributed by atoms with Crippen molar-refractivity contribution in [2.75, 3.05) is 14.2 Å². The number of likely N-dealkylation sites (N-methyl/N-ethyl adjacent to an activating group) is 1. The van der Waals surface area contributed by atoms with Crippen molar-refractivity contribution in [3.8, 4) is 11.5 Å². The molecular formula is C19H16Cl2N2O3S. The Labute approximate surface area is 172 Å². The smallest absolute Gasteiger partial charge is 0.276 e. The highest BCUT2D eigenvalue weighted by Gasteiger charge is 2.26. The lowest BCUT2D eigenvalue weighted by Crippen LogP contribution is -2.25. The summed E-state index contributed by atoms with van der Waals surface area (Å²) in [7, 11) is 3.18. The Morgan fingerprint density at radius 2 is 1.93 bits per heavy atom. The van der Waals surface area contributed by atoms with E-state index < -0.39 is 0 Å². The number of amides is 1. The number of nitrogens with zero attached hydrogens (tertiary/aromatic N) is 1. The maximum atomic E-state index is 12.1.